The molecule has 0 aromatic rings. The second-order valence-corrected chi connectivity index (χ2v) is 5.04. The van der Waals surface area contributed by atoms with Crippen LogP contribution in [0.15, 0.2) is 0 Å². The fourth-order valence-electron chi connectivity index (χ4n) is 2.15. The number of hydrogen-bond donors (Lipinski definition) is 2. The second kappa shape index (κ2) is 3.97. The molecule has 1 saturated heterocycles. The van der Waals surface area contributed by atoms with E-state index in [0.29, 0.717) is 5.41 Å². The van der Waals surface area contributed by atoms with Crippen LogP contribution in [0.25, 0.3) is 0 Å². The Morgan fingerprint density at radius 1 is 1.31 bits per heavy atom. The molecule has 13 heavy (non-hydrogen) atoms. The van der Waals surface area contributed by atoms with Crippen molar-refractivity contribution in [1.82, 2.24) is 10.6 Å². The Morgan fingerprint density at radius 3 is 2.62 bits per heavy atom. The molecule has 2 nitrogen and oxygen atoms in total. The maximum Gasteiger partial charge on any atom is 0.00682 e. The van der Waals surface area contributed by atoms with E-state index in [0.717, 1.165) is 6.04 Å². The van der Waals surface area contributed by atoms with Gasteiger partial charge in [0.05, 0.1) is 0 Å². The molecule has 0 radical (unpaired) electrons. The summed E-state index contributed by atoms with van der Waals surface area (Å²) in [6, 6.07) is 0.880. The van der Waals surface area contributed by atoms with Crippen LogP contribution in [0.4, 0.5) is 0 Å². The SMILES string of the molecule is CC1(CCNC2CC2)CCNCC1. The molecular weight excluding hydrogens is 160 g/mol. The predicted octanol–water partition coefficient (Wildman–Crippen LogP) is 1.52. The molecule has 0 aromatic carbocycles. The van der Waals surface area contributed by atoms with Gasteiger partial charge in [0.1, 0.15) is 0 Å². The molecule has 0 amide bonds. The van der Waals surface area contributed by atoms with Crippen LogP contribution in [0.1, 0.15) is 39.0 Å². The molecule has 1 saturated carbocycles. The molecule has 0 bridgehead atoms. The highest BCUT2D eigenvalue weighted by atomic mass is 14.9. The second-order valence-electron chi connectivity index (χ2n) is 5.04. The van der Waals surface area contributed by atoms with Gasteiger partial charge in [0.25, 0.3) is 0 Å². The first-order valence-electron chi connectivity index (χ1n) is 5.73. The Hall–Kier alpha value is -0.0800. The van der Waals surface area contributed by atoms with E-state index in [1.54, 1.807) is 0 Å². The highest BCUT2D eigenvalue weighted by Crippen LogP contribution is 2.31. The predicted molar refractivity (Wildman–Crippen MR) is 55.9 cm³/mol. The molecule has 0 atom stereocenters. The zero-order valence-corrected chi connectivity index (χ0v) is 8.73. The molecule has 2 heteroatoms. The van der Waals surface area contributed by atoms with Crippen molar-refractivity contribution in [2.24, 2.45) is 5.41 Å². The molecule has 1 aliphatic heterocycles. The lowest BCUT2D eigenvalue weighted by atomic mass is 9.78. The first-order valence-corrected chi connectivity index (χ1v) is 5.73. The Kier molecular flexibility index (Phi) is 2.89. The monoisotopic (exact) mass is 182 g/mol. The van der Waals surface area contributed by atoms with Gasteiger partial charge in [0.2, 0.25) is 0 Å². The van der Waals surface area contributed by atoms with Crippen molar-refractivity contribution in [2.75, 3.05) is 19.6 Å². The smallest absolute Gasteiger partial charge is 0.00682 e. The summed E-state index contributed by atoms with van der Waals surface area (Å²) in [4.78, 5) is 0. The van der Waals surface area contributed by atoms with Gasteiger partial charge in [-0.15, -0.1) is 0 Å². The summed E-state index contributed by atoms with van der Waals surface area (Å²) >= 11 is 0. The summed E-state index contributed by atoms with van der Waals surface area (Å²) in [5.74, 6) is 0. The van der Waals surface area contributed by atoms with Crippen LogP contribution in [-0.2, 0) is 0 Å². The van der Waals surface area contributed by atoms with Crippen molar-refractivity contribution < 1.29 is 0 Å². The normalized spacial score (nSPS) is 27.5. The summed E-state index contributed by atoms with van der Waals surface area (Å²) < 4.78 is 0. The summed E-state index contributed by atoms with van der Waals surface area (Å²) in [6.45, 7) is 6.13. The number of nitrogens with one attached hydrogen (secondary N) is 2. The van der Waals surface area contributed by atoms with Crippen LogP contribution < -0.4 is 10.6 Å². The molecule has 0 spiro atoms. The highest BCUT2D eigenvalue weighted by molar-refractivity contribution is 4.84. The molecule has 2 fully saturated rings. The quantitative estimate of drug-likeness (QED) is 0.689. The lowest BCUT2D eigenvalue weighted by molar-refractivity contribution is 0.209. The largest absolute Gasteiger partial charge is 0.317 e. The van der Waals surface area contributed by atoms with Crippen molar-refractivity contribution in [2.45, 2.75) is 45.1 Å². The molecule has 0 aromatic heterocycles. The van der Waals surface area contributed by atoms with Gasteiger partial charge in [-0.25, -0.2) is 0 Å². The third-order valence-electron chi connectivity index (χ3n) is 3.55. The van der Waals surface area contributed by atoms with Gasteiger partial charge < -0.3 is 10.6 Å². The van der Waals surface area contributed by atoms with E-state index in [2.05, 4.69) is 17.6 Å². The lowest BCUT2D eigenvalue weighted by Crippen LogP contribution is -2.36. The minimum absolute atomic E-state index is 0.618. The van der Waals surface area contributed by atoms with E-state index in [1.807, 2.05) is 0 Å². The third-order valence-corrected chi connectivity index (χ3v) is 3.55. The highest BCUT2D eigenvalue weighted by Gasteiger charge is 2.27. The molecule has 1 aliphatic carbocycles. The van der Waals surface area contributed by atoms with E-state index in [1.165, 1.54) is 51.7 Å². The average Bonchev–Trinajstić information content (AvgIpc) is 2.89. The van der Waals surface area contributed by atoms with Gasteiger partial charge in [-0.1, -0.05) is 6.92 Å². The van der Waals surface area contributed by atoms with E-state index < -0.39 is 0 Å². The first kappa shape index (κ1) is 9.47. The van der Waals surface area contributed by atoms with Gasteiger partial charge >= 0.3 is 0 Å². The Bertz CT molecular complexity index is 157. The summed E-state index contributed by atoms with van der Waals surface area (Å²) in [7, 11) is 0. The van der Waals surface area contributed by atoms with E-state index in [4.69, 9.17) is 0 Å². The van der Waals surface area contributed by atoms with Crippen molar-refractivity contribution in [3.05, 3.63) is 0 Å². The van der Waals surface area contributed by atoms with Crippen LogP contribution >= 0.6 is 0 Å². The van der Waals surface area contributed by atoms with Gasteiger partial charge in [-0.3, -0.25) is 0 Å². The van der Waals surface area contributed by atoms with E-state index >= 15 is 0 Å². The fourth-order valence-corrected chi connectivity index (χ4v) is 2.15. The van der Waals surface area contributed by atoms with Crippen molar-refractivity contribution >= 4 is 0 Å². The maximum atomic E-state index is 3.61. The zero-order valence-electron chi connectivity index (χ0n) is 8.73. The molecule has 1 heterocycles. The number of piperidine rings is 1. The van der Waals surface area contributed by atoms with Crippen LogP contribution in [0.2, 0.25) is 0 Å². The summed E-state index contributed by atoms with van der Waals surface area (Å²) in [6.07, 6.45) is 6.92. The average molecular weight is 182 g/mol. The van der Waals surface area contributed by atoms with Crippen molar-refractivity contribution in [3.63, 3.8) is 0 Å². The van der Waals surface area contributed by atoms with Gasteiger partial charge in [-0.05, 0) is 57.2 Å². The summed E-state index contributed by atoms with van der Waals surface area (Å²) in [5.41, 5.74) is 0.618. The zero-order chi connectivity index (χ0) is 9.15. The molecular formula is C11H22N2. The minimum atomic E-state index is 0.618. The van der Waals surface area contributed by atoms with E-state index in [9.17, 15) is 0 Å². The Labute approximate surface area is 81.5 Å². The fraction of sp³-hybridized carbons (Fsp3) is 1.00. The molecule has 2 N–H and O–H groups in total. The lowest BCUT2D eigenvalue weighted by Gasteiger charge is -2.34. The van der Waals surface area contributed by atoms with E-state index in [-0.39, 0.29) is 0 Å². The maximum absolute atomic E-state index is 3.61. The Morgan fingerprint density at radius 2 is 2.00 bits per heavy atom. The minimum Gasteiger partial charge on any atom is -0.317 e. The number of rotatable bonds is 4. The van der Waals surface area contributed by atoms with Crippen LogP contribution in [0.5, 0.6) is 0 Å². The third kappa shape index (κ3) is 2.96. The number of hydrogen-bond acceptors (Lipinski definition) is 2. The molecule has 0 unspecified atom stereocenters. The van der Waals surface area contributed by atoms with Crippen molar-refractivity contribution in [3.8, 4) is 0 Å². The molecule has 76 valence electrons. The summed E-state index contributed by atoms with van der Waals surface area (Å²) in [5, 5.41) is 7.04. The van der Waals surface area contributed by atoms with Crippen molar-refractivity contribution in [1.29, 1.82) is 0 Å². The molecule has 2 rings (SSSR count). The van der Waals surface area contributed by atoms with Gasteiger partial charge in [-0.2, -0.15) is 0 Å². The first-order chi connectivity index (χ1) is 6.29. The van der Waals surface area contributed by atoms with Gasteiger partial charge in [0, 0.05) is 6.04 Å². The topological polar surface area (TPSA) is 24.1 Å². The standard InChI is InChI=1S/C11H22N2/c1-11(4-7-12-8-5-11)6-9-13-10-2-3-10/h10,12-13H,2-9H2,1H3. The van der Waals surface area contributed by atoms with Crippen LogP contribution in [0.3, 0.4) is 0 Å². The molecule has 2 aliphatic rings. The van der Waals surface area contributed by atoms with Crippen LogP contribution in [0, 0.1) is 5.41 Å². The Balaban J connectivity index is 1.64. The van der Waals surface area contributed by atoms with Gasteiger partial charge in [0.15, 0.2) is 0 Å². The van der Waals surface area contributed by atoms with Crippen LogP contribution in [-0.4, -0.2) is 25.7 Å².